The van der Waals surface area contributed by atoms with Crippen molar-refractivity contribution in [2.24, 2.45) is 11.3 Å². The second kappa shape index (κ2) is 8.00. The smallest absolute Gasteiger partial charge is 0.0892 e. The van der Waals surface area contributed by atoms with Crippen molar-refractivity contribution in [1.29, 1.82) is 0 Å². The Hall–Kier alpha value is -0.570. The van der Waals surface area contributed by atoms with Crippen LogP contribution in [0.2, 0.25) is 0 Å². The van der Waals surface area contributed by atoms with Crippen LogP contribution in [0.3, 0.4) is 0 Å². The first-order chi connectivity index (χ1) is 10.9. The third-order valence-electron chi connectivity index (χ3n) is 5.61. The molecule has 2 bridgehead atoms. The lowest BCUT2D eigenvalue weighted by Gasteiger charge is -2.43. The average Bonchev–Trinajstić information content (AvgIpc) is 2.51. The molecule has 0 heterocycles. The van der Waals surface area contributed by atoms with Gasteiger partial charge in [0.15, 0.2) is 0 Å². The van der Waals surface area contributed by atoms with Crippen molar-refractivity contribution in [2.75, 3.05) is 5.88 Å². The number of aliphatic hydroxyl groups excluding tert-OH is 2. The molecule has 4 atom stereocenters. The zero-order valence-electron chi connectivity index (χ0n) is 14.7. The Kier molecular flexibility index (Phi) is 6.53. The molecule has 23 heavy (non-hydrogen) atoms. The monoisotopic (exact) mass is 338 g/mol. The molecule has 130 valence electrons. The predicted molar refractivity (Wildman–Crippen MR) is 97.6 cm³/mol. The molecular weight excluding hydrogens is 308 g/mol. The van der Waals surface area contributed by atoms with Gasteiger partial charge in [-0.15, -0.1) is 11.6 Å². The predicted octanol–water partition coefficient (Wildman–Crippen LogP) is 4.76. The molecule has 2 N–H and O–H groups in total. The molecule has 3 rings (SSSR count). The zero-order chi connectivity index (χ0) is 17.0. The third kappa shape index (κ3) is 4.49. The van der Waals surface area contributed by atoms with E-state index in [4.69, 9.17) is 11.6 Å². The maximum atomic E-state index is 10.7. The van der Waals surface area contributed by atoms with Crippen LogP contribution in [0.25, 0.3) is 0 Å². The van der Waals surface area contributed by atoms with Crippen LogP contribution < -0.4 is 0 Å². The van der Waals surface area contributed by atoms with Gasteiger partial charge in [-0.1, -0.05) is 41.9 Å². The van der Waals surface area contributed by atoms with Gasteiger partial charge in [-0.05, 0) is 52.4 Å². The van der Waals surface area contributed by atoms with Gasteiger partial charge in [0, 0.05) is 17.2 Å². The van der Waals surface area contributed by atoms with E-state index in [2.05, 4.69) is 32.1 Å². The molecule has 2 nitrogen and oxygen atoms in total. The number of allylic oxidation sites excluding steroid dienone is 4. The highest BCUT2D eigenvalue weighted by atomic mass is 35.5. The van der Waals surface area contributed by atoms with Crippen LogP contribution in [0.5, 0.6) is 0 Å². The third-order valence-corrected chi connectivity index (χ3v) is 5.92. The van der Waals surface area contributed by atoms with E-state index in [0.717, 1.165) is 44.1 Å². The minimum atomic E-state index is -0.723. The minimum Gasteiger partial charge on any atom is -0.390 e. The largest absolute Gasteiger partial charge is 0.390 e. The van der Waals surface area contributed by atoms with Gasteiger partial charge in [-0.3, -0.25) is 0 Å². The second-order valence-electron chi connectivity index (χ2n) is 7.62. The van der Waals surface area contributed by atoms with Gasteiger partial charge in [-0.2, -0.15) is 0 Å². The highest BCUT2D eigenvalue weighted by Gasteiger charge is 2.44. The molecule has 0 aromatic heterocycles. The average molecular weight is 339 g/mol. The highest BCUT2D eigenvalue weighted by Crippen LogP contribution is 2.43. The van der Waals surface area contributed by atoms with E-state index in [1.165, 1.54) is 11.1 Å². The molecule has 0 amide bonds. The Labute approximate surface area is 145 Å². The maximum Gasteiger partial charge on any atom is 0.0892 e. The summed E-state index contributed by atoms with van der Waals surface area (Å²) in [7, 11) is 0. The van der Waals surface area contributed by atoms with Crippen molar-refractivity contribution in [3.05, 3.63) is 34.9 Å². The Bertz CT molecular complexity index is 506. The van der Waals surface area contributed by atoms with E-state index in [0.29, 0.717) is 5.88 Å². The van der Waals surface area contributed by atoms with Crippen LogP contribution in [-0.2, 0) is 0 Å². The highest BCUT2D eigenvalue weighted by molar-refractivity contribution is 6.19. The van der Waals surface area contributed by atoms with Crippen molar-refractivity contribution in [2.45, 2.75) is 71.5 Å². The SMILES string of the molecule is C/C1=C/CC[C@@]2(C)C=C(CCl)[C@H](CC/C(C)=C\CC1)[C@H](O)[C@@H]2O. The number of aliphatic hydroxyl groups is 2. The molecule has 3 aliphatic rings. The Morgan fingerprint density at radius 1 is 1.13 bits per heavy atom. The van der Waals surface area contributed by atoms with Gasteiger partial charge in [0.1, 0.15) is 0 Å². The first-order valence-electron chi connectivity index (χ1n) is 8.82. The van der Waals surface area contributed by atoms with Gasteiger partial charge < -0.3 is 10.2 Å². The molecule has 0 spiro atoms. The first kappa shape index (κ1) is 18.8. The number of alkyl halides is 1. The summed E-state index contributed by atoms with van der Waals surface area (Å²) in [5.41, 5.74) is 3.46. The summed E-state index contributed by atoms with van der Waals surface area (Å²) >= 11 is 6.17. The summed E-state index contributed by atoms with van der Waals surface area (Å²) in [6, 6.07) is 0. The minimum absolute atomic E-state index is 0.0286. The number of rotatable bonds is 1. The fourth-order valence-electron chi connectivity index (χ4n) is 3.92. The van der Waals surface area contributed by atoms with Crippen molar-refractivity contribution in [3.8, 4) is 0 Å². The van der Waals surface area contributed by atoms with Gasteiger partial charge in [0.05, 0.1) is 12.2 Å². The van der Waals surface area contributed by atoms with Crippen LogP contribution in [0.1, 0.15) is 59.3 Å². The van der Waals surface area contributed by atoms with Crippen molar-refractivity contribution in [1.82, 2.24) is 0 Å². The number of fused-ring (bicyclic) bond motifs is 8. The molecule has 0 aromatic carbocycles. The number of halogens is 1. The standard InChI is InChI=1S/C20H31ClO2/c1-14-6-4-7-15(2)9-10-17-16(13-21)12-20(3,11-5-8-14)19(23)18(17)22/h7-8,12,17-19,22-23H,4-6,9-11,13H2,1-3H3/b14-8-,15-7-/t17-,18-,19-,20-/m0/s1. The van der Waals surface area contributed by atoms with E-state index >= 15 is 0 Å². The van der Waals surface area contributed by atoms with E-state index in [-0.39, 0.29) is 5.92 Å². The molecule has 0 saturated heterocycles. The molecule has 0 unspecified atom stereocenters. The van der Waals surface area contributed by atoms with Gasteiger partial charge in [-0.25, -0.2) is 0 Å². The fourth-order valence-corrected chi connectivity index (χ4v) is 4.20. The van der Waals surface area contributed by atoms with Crippen molar-refractivity contribution in [3.63, 3.8) is 0 Å². The van der Waals surface area contributed by atoms with Gasteiger partial charge in [0.25, 0.3) is 0 Å². The topological polar surface area (TPSA) is 40.5 Å². The van der Waals surface area contributed by atoms with E-state index < -0.39 is 17.6 Å². The molecule has 0 aromatic rings. The number of hydrogen-bond acceptors (Lipinski definition) is 2. The summed E-state index contributed by atoms with van der Waals surface area (Å²) in [5, 5.41) is 21.4. The first-order valence-corrected chi connectivity index (χ1v) is 9.36. The lowest BCUT2D eigenvalue weighted by molar-refractivity contribution is -0.0730. The van der Waals surface area contributed by atoms with Crippen molar-refractivity contribution >= 4 is 11.6 Å². The quantitative estimate of drug-likeness (QED) is 0.534. The second-order valence-corrected chi connectivity index (χ2v) is 7.88. The summed E-state index contributed by atoms with van der Waals surface area (Å²) in [6.07, 6.45) is 11.0. The molecular formula is C20H31ClO2. The van der Waals surface area contributed by atoms with E-state index in [1.807, 2.05) is 6.92 Å². The van der Waals surface area contributed by atoms with E-state index in [1.54, 1.807) is 0 Å². The summed E-state index contributed by atoms with van der Waals surface area (Å²) in [4.78, 5) is 0. The summed E-state index contributed by atoms with van der Waals surface area (Å²) in [5.74, 6) is 0.404. The van der Waals surface area contributed by atoms with E-state index in [9.17, 15) is 10.2 Å². The Balaban J connectivity index is 2.35. The van der Waals surface area contributed by atoms with Crippen LogP contribution in [0.4, 0.5) is 0 Å². The van der Waals surface area contributed by atoms with Gasteiger partial charge >= 0.3 is 0 Å². The van der Waals surface area contributed by atoms with Crippen molar-refractivity contribution < 1.29 is 10.2 Å². The fraction of sp³-hybridized carbons (Fsp3) is 0.700. The van der Waals surface area contributed by atoms with Crippen LogP contribution >= 0.6 is 11.6 Å². The molecule has 3 heteroatoms. The van der Waals surface area contributed by atoms with Crippen LogP contribution in [0.15, 0.2) is 34.9 Å². The molecule has 0 saturated carbocycles. The molecule has 0 fully saturated rings. The molecule has 0 aliphatic heterocycles. The summed E-state index contributed by atoms with van der Waals surface area (Å²) < 4.78 is 0. The maximum absolute atomic E-state index is 10.7. The zero-order valence-corrected chi connectivity index (χ0v) is 15.4. The lowest BCUT2D eigenvalue weighted by atomic mass is 9.66. The Morgan fingerprint density at radius 2 is 1.78 bits per heavy atom. The molecule has 0 radical (unpaired) electrons. The Morgan fingerprint density at radius 3 is 2.48 bits per heavy atom. The number of hydrogen-bond donors (Lipinski definition) is 2. The molecule has 3 aliphatic carbocycles. The van der Waals surface area contributed by atoms with Gasteiger partial charge in [0.2, 0.25) is 0 Å². The lowest BCUT2D eigenvalue weighted by Crippen LogP contribution is -2.48. The normalized spacial score (nSPS) is 41.3. The van der Waals surface area contributed by atoms with Crippen LogP contribution in [-0.4, -0.2) is 28.3 Å². The van der Waals surface area contributed by atoms with Crippen LogP contribution in [0, 0.1) is 11.3 Å². The summed E-state index contributed by atoms with van der Waals surface area (Å²) in [6.45, 7) is 6.38.